The van der Waals surface area contributed by atoms with Crippen LogP contribution in [0.15, 0.2) is 16.6 Å². The Bertz CT molecular complexity index is 376. The summed E-state index contributed by atoms with van der Waals surface area (Å²) in [7, 11) is 1.25. The van der Waals surface area contributed by atoms with Gasteiger partial charge in [-0.05, 0) is 19.1 Å². The van der Waals surface area contributed by atoms with Crippen molar-refractivity contribution in [2.75, 3.05) is 13.7 Å². The molecular weight excluding hydrogens is 264 g/mol. The third-order valence-electron chi connectivity index (χ3n) is 1.74. The van der Waals surface area contributed by atoms with Gasteiger partial charge in [-0.15, -0.1) is 0 Å². The van der Waals surface area contributed by atoms with Crippen molar-refractivity contribution in [1.82, 2.24) is 0 Å². The Hall–Kier alpha value is -1.23. The van der Waals surface area contributed by atoms with Crippen molar-refractivity contribution in [1.29, 1.82) is 0 Å². The van der Waals surface area contributed by atoms with Crippen LogP contribution >= 0.6 is 15.9 Å². The van der Waals surface area contributed by atoms with Crippen LogP contribution in [-0.4, -0.2) is 24.8 Å². The van der Waals surface area contributed by atoms with Crippen LogP contribution in [0, 0.1) is 0 Å². The number of halogens is 1. The maximum absolute atomic E-state index is 11.4. The zero-order chi connectivity index (χ0) is 11.4. The van der Waals surface area contributed by atoms with Crippen LogP contribution in [0.3, 0.4) is 0 Å². The molecule has 0 saturated heterocycles. The van der Waals surface area contributed by atoms with Crippen LogP contribution < -0.4 is 4.74 Å². The van der Waals surface area contributed by atoms with E-state index in [1.165, 1.54) is 13.2 Å². The zero-order valence-electron chi connectivity index (χ0n) is 8.41. The molecule has 0 aliphatic heterocycles. The molecule has 4 nitrogen and oxygen atoms in total. The van der Waals surface area contributed by atoms with E-state index in [-0.39, 0.29) is 11.3 Å². The van der Waals surface area contributed by atoms with E-state index < -0.39 is 5.97 Å². The first-order valence-electron chi connectivity index (χ1n) is 4.33. The molecule has 0 amide bonds. The van der Waals surface area contributed by atoms with E-state index in [1.54, 1.807) is 13.0 Å². The molecule has 0 heterocycles. The number of ether oxygens (including phenoxy) is 2. The highest BCUT2D eigenvalue weighted by molar-refractivity contribution is 9.10. The van der Waals surface area contributed by atoms with E-state index in [4.69, 9.17) is 4.74 Å². The predicted octanol–water partition coefficient (Wildman–Crippen LogP) is 2.34. The molecule has 0 atom stereocenters. The summed E-state index contributed by atoms with van der Waals surface area (Å²) in [4.78, 5) is 11.4. The van der Waals surface area contributed by atoms with E-state index in [9.17, 15) is 9.90 Å². The first kappa shape index (κ1) is 11.8. The molecule has 1 N–H and O–H groups in total. The van der Waals surface area contributed by atoms with Crippen LogP contribution in [0.5, 0.6) is 11.5 Å². The monoisotopic (exact) mass is 274 g/mol. The third-order valence-corrected chi connectivity index (χ3v) is 2.19. The maximum Gasteiger partial charge on any atom is 0.345 e. The number of esters is 1. The Morgan fingerprint density at radius 1 is 1.53 bits per heavy atom. The number of aromatic hydroxyl groups is 1. The molecule has 0 fully saturated rings. The predicted molar refractivity (Wildman–Crippen MR) is 58.3 cm³/mol. The van der Waals surface area contributed by atoms with Crippen molar-refractivity contribution < 1.29 is 19.4 Å². The van der Waals surface area contributed by atoms with E-state index in [1.807, 2.05) is 0 Å². The number of carbonyl (C=O) groups is 1. The van der Waals surface area contributed by atoms with Gasteiger partial charge in [0.05, 0.1) is 13.7 Å². The molecule has 0 aliphatic rings. The third kappa shape index (κ3) is 2.62. The van der Waals surface area contributed by atoms with Gasteiger partial charge in [-0.2, -0.15) is 0 Å². The summed E-state index contributed by atoms with van der Waals surface area (Å²) in [5.41, 5.74) is 0.0440. The Labute approximate surface area is 95.9 Å². The van der Waals surface area contributed by atoms with Gasteiger partial charge in [-0.1, -0.05) is 15.9 Å². The molecule has 0 aliphatic carbocycles. The topological polar surface area (TPSA) is 55.8 Å². The second-order valence-electron chi connectivity index (χ2n) is 2.72. The van der Waals surface area contributed by atoms with Crippen LogP contribution in [0.25, 0.3) is 0 Å². The van der Waals surface area contributed by atoms with Crippen LogP contribution in [0.4, 0.5) is 0 Å². The fourth-order valence-corrected chi connectivity index (χ4v) is 1.57. The summed E-state index contributed by atoms with van der Waals surface area (Å²) in [5.74, 6) is -0.487. The van der Waals surface area contributed by atoms with E-state index in [2.05, 4.69) is 20.7 Å². The molecule has 0 spiro atoms. The normalized spacial score (nSPS) is 9.80. The minimum atomic E-state index is -0.622. The number of benzene rings is 1. The first-order valence-corrected chi connectivity index (χ1v) is 5.13. The molecule has 82 valence electrons. The summed E-state index contributed by atoms with van der Waals surface area (Å²) < 4.78 is 10.4. The van der Waals surface area contributed by atoms with E-state index in [0.717, 1.165) is 0 Å². The second-order valence-corrected chi connectivity index (χ2v) is 3.64. The Morgan fingerprint density at radius 2 is 2.20 bits per heavy atom. The molecule has 1 aromatic carbocycles. The SMILES string of the molecule is CCOc1cc(Br)cc(O)c1C(=O)OC. The molecule has 1 rings (SSSR count). The number of carbonyl (C=O) groups excluding carboxylic acids is 1. The van der Waals surface area contributed by atoms with Gasteiger partial charge in [0, 0.05) is 4.47 Å². The summed E-state index contributed by atoms with van der Waals surface area (Å²) in [6.07, 6.45) is 0. The molecular formula is C10H11BrO4. The number of phenolic OH excluding ortho intramolecular Hbond substituents is 1. The summed E-state index contributed by atoms with van der Waals surface area (Å²) in [5, 5.41) is 9.59. The quantitative estimate of drug-likeness (QED) is 0.860. The van der Waals surface area contributed by atoms with Gasteiger partial charge in [0.1, 0.15) is 17.1 Å². The van der Waals surface area contributed by atoms with Crippen molar-refractivity contribution >= 4 is 21.9 Å². The van der Waals surface area contributed by atoms with Crippen LogP contribution in [0.2, 0.25) is 0 Å². The van der Waals surface area contributed by atoms with Gasteiger partial charge >= 0.3 is 5.97 Å². The zero-order valence-corrected chi connectivity index (χ0v) is 10.00. The highest BCUT2D eigenvalue weighted by atomic mass is 79.9. The molecule has 1 aromatic rings. The van der Waals surface area contributed by atoms with E-state index >= 15 is 0 Å². The molecule has 0 radical (unpaired) electrons. The molecule has 0 saturated carbocycles. The lowest BCUT2D eigenvalue weighted by Crippen LogP contribution is -2.06. The van der Waals surface area contributed by atoms with Gasteiger partial charge in [0.2, 0.25) is 0 Å². The number of methoxy groups -OCH3 is 1. The highest BCUT2D eigenvalue weighted by Crippen LogP contribution is 2.32. The average molecular weight is 275 g/mol. The smallest absolute Gasteiger partial charge is 0.345 e. The van der Waals surface area contributed by atoms with Crippen molar-refractivity contribution in [2.24, 2.45) is 0 Å². The van der Waals surface area contributed by atoms with Gasteiger partial charge in [-0.25, -0.2) is 4.79 Å². The summed E-state index contributed by atoms with van der Waals surface area (Å²) in [6.45, 7) is 2.19. The Kier molecular flexibility index (Phi) is 3.96. The lowest BCUT2D eigenvalue weighted by molar-refractivity contribution is 0.0593. The second kappa shape index (κ2) is 5.02. The Morgan fingerprint density at radius 3 is 2.73 bits per heavy atom. The molecule has 5 heteroatoms. The molecule has 0 aromatic heterocycles. The fraction of sp³-hybridized carbons (Fsp3) is 0.300. The minimum Gasteiger partial charge on any atom is -0.507 e. The average Bonchev–Trinajstić information content (AvgIpc) is 2.16. The van der Waals surface area contributed by atoms with Gasteiger partial charge < -0.3 is 14.6 Å². The maximum atomic E-state index is 11.4. The molecule has 0 bridgehead atoms. The summed E-state index contributed by atoms with van der Waals surface area (Å²) in [6, 6.07) is 3.02. The standard InChI is InChI=1S/C10H11BrO4/c1-3-15-8-5-6(11)4-7(12)9(8)10(13)14-2/h4-5,12H,3H2,1-2H3. The fourth-order valence-electron chi connectivity index (χ4n) is 1.14. The van der Waals surface area contributed by atoms with Gasteiger partial charge in [0.15, 0.2) is 0 Å². The number of hydrogen-bond donors (Lipinski definition) is 1. The molecule has 0 unspecified atom stereocenters. The van der Waals surface area contributed by atoms with Crippen molar-refractivity contribution in [3.05, 3.63) is 22.2 Å². The Balaban J connectivity index is 3.26. The van der Waals surface area contributed by atoms with Crippen molar-refractivity contribution in [3.8, 4) is 11.5 Å². The number of rotatable bonds is 3. The van der Waals surface area contributed by atoms with Crippen molar-refractivity contribution in [2.45, 2.75) is 6.92 Å². The van der Waals surface area contributed by atoms with Gasteiger partial charge in [-0.3, -0.25) is 0 Å². The largest absolute Gasteiger partial charge is 0.507 e. The van der Waals surface area contributed by atoms with E-state index in [0.29, 0.717) is 16.8 Å². The minimum absolute atomic E-state index is 0.0440. The number of hydrogen-bond acceptors (Lipinski definition) is 4. The van der Waals surface area contributed by atoms with Gasteiger partial charge in [0.25, 0.3) is 0 Å². The van der Waals surface area contributed by atoms with Crippen LogP contribution in [0.1, 0.15) is 17.3 Å². The lowest BCUT2D eigenvalue weighted by Gasteiger charge is -2.10. The number of phenols is 1. The van der Waals surface area contributed by atoms with Crippen molar-refractivity contribution in [3.63, 3.8) is 0 Å². The molecule has 15 heavy (non-hydrogen) atoms. The highest BCUT2D eigenvalue weighted by Gasteiger charge is 2.19. The van der Waals surface area contributed by atoms with Crippen LogP contribution in [-0.2, 0) is 4.74 Å². The summed E-state index contributed by atoms with van der Waals surface area (Å²) >= 11 is 3.20. The first-order chi connectivity index (χ1) is 7.10. The lowest BCUT2D eigenvalue weighted by atomic mass is 10.2.